The normalized spacial score (nSPS) is 15.8. The van der Waals surface area contributed by atoms with Gasteiger partial charge in [0.15, 0.2) is 0 Å². The van der Waals surface area contributed by atoms with Gasteiger partial charge in [-0.05, 0) is 34.8 Å². The van der Waals surface area contributed by atoms with Crippen LogP contribution in [0.2, 0.25) is 0 Å². The van der Waals surface area contributed by atoms with E-state index in [1.165, 1.54) is 0 Å². The van der Waals surface area contributed by atoms with E-state index in [1.807, 2.05) is 19.1 Å². The zero-order valence-corrected chi connectivity index (χ0v) is 14.2. The lowest BCUT2D eigenvalue weighted by Gasteiger charge is -2.25. The number of hydrogen-bond donors (Lipinski definition) is 0. The molecule has 0 saturated heterocycles. The van der Waals surface area contributed by atoms with Gasteiger partial charge >= 0.3 is 6.18 Å². The highest BCUT2D eigenvalue weighted by Gasteiger charge is 2.71. The van der Waals surface area contributed by atoms with Crippen LogP contribution in [0.25, 0.3) is 11.1 Å². The van der Waals surface area contributed by atoms with Gasteiger partial charge in [-0.3, -0.25) is 0 Å². The van der Waals surface area contributed by atoms with Gasteiger partial charge in [0.05, 0.1) is 0 Å². The molecule has 0 atom stereocenters. The van der Waals surface area contributed by atoms with Crippen LogP contribution in [0.1, 0.15) is 22.3 Å². The predicted molar refractivity (Wildman–Crippen MR) is 98.6 cm³/mol. The Morgan fingerprint density at radius 3 is 1.42 bits per heavy atom. The average molecular weight is 350 g/mol. The topological polar surface area (TPSA) is 0 Å². The molecule has 0 nitrogen and oxygen atoms in total. The Balaban J connectivity index is 1.98. The smallest absolute Gasteiger partial charge is 0.169 e. The van der Waals surface area contributed by atoms with Gasteiger partial charge in [0.2, 0.25) is 0 Å². The van der Waals surface area contributed by atoms with E-state index in [-0.39, 0.29) is 5.56 Å². The summed E-state index contributed by atoms with van der Waals surface area (Å²) in [5.74, 6) is 0. The lowest BCUT2D eigenvalue weighted by atomic mass is 9.84. The van der Waals surface area contributed by atoms with Crippen molar-refractivity contribution in [2.75, 3.05) is 0 Å². The van der Waals surface area contributed by atoms with Gasteiger partial charge < -0.3 is 0 Å². The molecule has 1 aliphatic rings. The van der Waals surface area contributed by atoms with E-state index in [2.05, 4.69) is 0 Å². The van der Waals surface area contributed by atoms with Crippen molar-refractivity contribution in [2.45, 2.75) is 18.5 Å². The predicted octanol–water partition coefficient (Wildman–Crippen LogP) is 6.42. The molecule has 0 spiro atoms. The lowest BCUT2D eigenvalue weighted by molar-refractivity contribution is -0.149. The first-order chi connectivity index (χ1) is 12.5. The van der Waals surface area contributed by atoms with E-state index < -0.39 is 11.6 Å². The number of allylic oxidation sites excluding steroid dienone is 2. The molecular formula is C23H17F3. The SMILES string of the molecule is Cc1ccc(C2(C(F)(F)F)C(c3ccccc3)=C2c2ccccc2)cc1. The second kappa shape index (κ2) is 5.87. The van der Waals surface area contributed by atoms with Gasteiger partial charge in [-0.1, -0.05) is 90.5 Å². The second-order valence-corrected chi connectivity index (χ2v) is 6.60. The van der Waals surface area contributed by atoms with E-state index in [9.17, 15) is 13.2 Å². The molecule has 4 rings (SSSR count). The zero-order valence-electron chi connectivity index (χ0n) is 14.2. The number of benzene rings is 3. The Morgan fingerprint density at radius 1 is 0.615 bits per heavy atom. The fourth-order valence-electron chi connectivity index (χ4n) is 3.75. The number of aryl methyl sites for hydroxylation is 1. The Hall–Kier alpha value is -2.81. The molecule has 0 unspecified atom stereocenters. The maximum absolute atomic E-state index is 14.5. The van der Waals surface area contributed by atoms with Crippen molar-refractivity contribution in [2.24, 2.45) is 0 Å². The van der Waals surface area contributed by atoms with Crippen molar-refractivity contribution in [3.63, 3.8) is 0 Å². The van der Waals surface area contributed by atoms with Crippen molar-refractivity contribution in [1.82, 2.24) is 0 Å². The van der Waals surface area contributed by atoms with Gasteiger partial charge in [0, 0.05) is 0 Å². The lowest BCUT2D eigenvalue weighted by Crippen LogP contribution is -2.33. The fourth-order valence-corrected chi connectivity index (χ4v) is 3.75. The molecule has 3 heteroatoms. The highest BCUT2D eigenvalue weighted by Crippen LogP contribution is 2.71. The van der Waals surface area contributed by atoms with Gasteiger partial charge in [-0.25, -0.2) is 0 Å². The van der Waals surface area contributed by atoms with Crippen LogP contribution < -0.4 is 0 Å². The van der Waals surface area contributed by atoms with Gasteiger partial charge in [-0.15, -0.1) is 0 Å². The molecule has 0 amide bonds. The van der Waals surface area contributed by atoms with Crippen molar-refractivity contribution in [1.29, 1.82) is 0 Å². The first kappa shape index (κ1) is 16.6. The highest BCUT2D eigenvalue weighted by atomic mass is 19.4. The molecule has 0 radical (unpaired) electrons. The largest absolute Gasteiger partial charge is 0.406 e. The third kappa shape index (κ3) is 2.38. The minimum absolute atomic E-state index is 0.272. The molecule has 130 valence electrons. The van der Waals surface area contributed by atoms with Crippen molar-refractivity contribution in [3.8, 4) is 0 Å². The Labute approximate surface area is 150 Å². The summed E-state index contributed by atoms with van der Waals surface area (Å²) in [5, 5.41) is 0. The van der Waals surface area contributed by atoms with Gasteiger partial charge in [-0.2, -0.15) is 13.2 Å². The molecule has 3 aromatic carbocycles. The summed E-state index contributed by atoms with van der Waals surface area (Å²) in [6.45, 7) is 1.88. The number of hydrogen-bond acceptors (Lipinski definition) is 0. The second-order valence-electron chi connectivity index (χ2n) is 6.60. The maximum atomic E-state index is 14.5. The van der Waals surface area contributed by atoms with Crippen LogP contribution in [-0.4, -0.2) is 6.18 Å². The van der Waals surface area contributed by atoms with E-state index in [0.717, 1.165) is 5.56 Å². The van der Waals surface area contributed by atoms with Crippen LogP contribution in [0.5, 0.6) is 0 Å². The zero-order chi connectivity index (χ0) is 18.4. The monoisotopic (exact) mass is 350 g/mol. The van der Waals surface area contributed by atoms with Crippen LogP contribution in [0.3, 0.4) is 0 Å². The molecule has 3 aromatic rings. The first-order valence-electron chi connectivity index (χ1n) is 8.46. The molecule has 0 aromatic heterocycles. The summed E-state index contributed by atoms with van der Waals surface area (Å²) in [5.41, 5.74) is 1.08. The Morgan fingerprint density at radius 2 is 1.04 bits per heavy atom. The van der Waals surface area contributed by atoms with Gasteiger partial charge in [0.25, 0.3) is 0 Å². The van der Waals surface area contributed by atoms with Crippen molar-refractivity contribution < 1.29 is 13.2 Å². The van der Waals surface area contributed by atoms with E-state index in [0.29, 0.717) is 22.3 Å². The first-order valence-corrected chi connectivity index (χ1v) is 8.46. The molecule has 0 saturated carbocycles. The summed E-state index contributed by atoms with van der Waals surface area (Å²) in [4.78, 5) is 0. The average Bonchev–Trinajstić information content (AvgIpc) is 3.35. The molecule has 0 aliphatic heterocycles. The number of halogens is 3. The van der Waals surface area contributed by atoms with Crippen LogP contribution in [0.4, 0.5) is 13.2 Å². The summed E-state index contributed by atoms with van der Waals surface area (Å²) in [6.07, 6.45) is -4.42. The molecule has 0 fully saturated rings. The standard InChI is InChI=1S/C23H17F3/c1-16-12-14-19(15-13-16)22(23(24,25)26)20(17-8-4-2-5-9-17)21(22)18-10-6-3-7-11-18/h2-15H,1H3. The minimum atomic E-state index is -4.42. The molecular weight excluding hydrogens is 333 g/mol. The van der Waals surface area contributed by atoms with Crippen LogP contribution in [0.15, 0.2) is 84.9 Å². The summed E-state index contributed by atoms with van der Waals surface area (Å²) >= 11 is 0. The maximum Gasteiger partial charge on any atom is 0.406 e. The molecule has 1 aliphatic carbocycles. The molecule has 0 heterocycles. The minimum Gasteiger partial charge on any atom is -0.169 e. The molecule has 0 bridgehead atoms. The van der Waals surface area contributed by atoms with E-state index in [1.54, 1.807) is 72.8 Å². The third-order valence-corrected chi connectivity index (χ3v) is 4.97. The fraction of sp³-hybridized carbons (Fsp3) is 0.130. The summed E-state index contributed by atoms with van der Waals surface area (Å²) in [7, 11) is 0. The number of alkyl halides is 3. The van der Waals surface area contributed by atoms with Gasteiger partial charge in [0.1, 0.15) is 5.41 Å². The Bertz CT molecular complexity index is 900. The molecule has 0 N–H and O–H groups in total. The number of rotatable bonds is 3. The summed E-state index contributed by atoms with van der Waals surface area (Å²) in [6, 6.07) is 24.4. The van der Waals surface area contributed by atoms with Crippen molar-refractivity contribution in [3.05, 3.63) is 107 Å². The highest BCUT2D eigenvalue weighted by molar-refractivity contribution is 6.20. The quantitative estimate of drug-likeness (QED) is 0.511. The Kier molecular flexibility index (Phi) is 3.76. The van der Waals surface area contributed by atoms with Crippen LogP contribution in [-0.2, 0) is 5.41 Å². The molecule has 26 heavy (non-hydrogen) atoms. The van der Waals surface area contributed by atoms with E-state index >= 15 is 0 Å². The van der Waals surface area contributed by atoms with Crippen molar-refractivity contribution >= 4 is 11.1 Å². The summed E-state index contributed by atoms with van der Waals surface area (Å²) < 4.78 is 43.5. The van der Waals surface area contributed by atoms with Crippen LogP contribution >= 0.6 is 0 Å². The van der Waals surface area contributed by atoms with E-state index in [4.69, 9.17) is 0 Å². The van der Waals surface area contributed by atoms with Crippen LogP contribution in [0, 0.1) is 6.92 Å². The third-order valence-electron chi connectivity index (χ3n) is 4.97.